The maximum absolute atomic E-state index is 5.40. The van der Waals surface area contributed by atoms with Crippen LogP contribution < -0.4 is 0 Å². The molecule has 49 heavy (non-hydrogen) atoms. The highest BCUT2D eigenvalue weighted by Crippen LogP contribution is 2.57. The SMILES string of the molecule is CC(C)(C)c1ccc(-c2cccc3c2Sc2ccccc2C(C)(C)C3(C)C)c(C(C)(C)C)c1-c1cccc2c1nc1sc3ccccc3n12. The van der Waals surface area contributed by atoms with E-state index in [0.717, 1.165) is 10.5 Å². The Morgan fingerprint density at radius 2 is 1.22 bits per heavy atom. The zero-order valence-electron chi connectivity index (χ0n) is 30.4. The van der Waals surface area contributed by atoms with Gasteiger partial charge in [0.15, 0.2) is 4.96 Å². The Kier molecular flexibility index (Phi) is 7.14. The summed E-state index contributed by atoms with van der Waals surface area (Å²) in [6.07, 6.45) is 0. The number of fused-ring (bicyclic) bond motifs is 7. The van der Waals surface area contributed by atoms with Gasteiger partial charge in [-0.1, -0.05) is 165 Å². The molecule has 1 aliphatic rings. The summed E-state index contributed by atoms with van der Waals surface area (Å²) in [6.45, 7) is 23.9. The lowest BCUT2D eigenvalue weighted by atomic mass is 9.61. The molecule has 0 saturated heterocycles. The van der Waals surface area contributed by atoms with Crippen molar-refractivity contribution in [2.24, 2.45) is 0 Å². The third-order valence-electron chi connectivity index (χ3n) is 11.3. The van der Waals surface area contributed by atoms with Crippen molar-refractivity contribution >= 4 is 49.3 Å². The molecule has 3 heterocycles. The van der Waals surface area contributed by atoms with Crippen LogP contribution in [0.15, 0.2) is 107 Å². The van der Waals surface area contributed by atoms with Crippen LogP contribution in [0, 0.1) is 0 Å². The van der Waals surface area contributed by atoms with E-state index in [1.165, 1.54) is 70.0 Å². The first-order valence-corrected chi connectivity index (χ1v) is 19.1. The molecule has 2 nitrogen and oxygen atoms in total. The van der Waals surface area contributed by atoms with Gasteiger partial charge in [-0.05, 0) is 84.9 Å². The lowest BCUT2D eigenvalue weighted by Gasteiger charge is -2.42. The highest BCUT2D eigenvalue weighted by atomic mass is 32.2. The number of hydrogen-bond donors (Lipinski definition) is 0. The minimum atomic E-state index is -0.150. The molecule has 0 radical (unpaired) electrons. The van der Waals surface area contributed by atoms with E-state index >= 15 is 0 Å². The number of thiazole rings is 1. The molecular formula is C45H46N2S2. The lowest BCUT2D eigenvalue weighted by Crippen LogP contribution is -2.40. The molecule has 0 fully saturated rings. The molecule has 0 amide bonds. The number of rotatable bonds is 2. The second-order valence-corrected chi connectivity index (χ2v) is 19.0. The highest BCUT2D eigenvalue weighted by molar-refractivity contribution is 7.99. The average Bonchev–Trinajstić information content (AvgIpc) is 3.58. The van der Waals surface area contributed by atoms with Crippen LogP contribution in [0.1, 0.15) is 91.5 Å². The molecule has 0 bridgehead atoms. The van der Waals surface area contributed by atoms with Crippen LogP contribution in [0.5, 0.6) is 0 Å². The summed E-state index contributed by atoms with van der Waals surface area (Å²) in [4.78, 5) is 9.17. The van der Waals surface area contributed by atoms with E-state index < -0.39 is 0 Å². The third-order valence-corrected chi connectivity index (χ3v) is 13.5. The van der Waals surface area contributed by atoms with E-state index in [4.69, 9.17) is 4.98 Å². The van der Waals surface area contributed by atoms with E-state index in [1.54, 1.807) is 11.3 Å². The smallest absolute Gasteiger partial charge is 0.195 e. The predicted molar refractivity (Wildman–Crippen MR) is 213 cm³/mol. The first kappa shape index (κ1) is 32.4. The average molecular weight is 679 g/mol. The van der Waals surface area contributed by atoms with Crippen molar-refractivity contribution in [2.75, 3.05) is 0 Å². The molecule has 7 aromatic rings. The largest absolute Gasteiger partial charge is 0.283 e. The van der Waals surface area contributed by atoms with Gasteiger partial charge >= 0.3 is 0 Å². The summed E-state index contributed by atoms with van der Waals surface area (Å²) in [7, 11) is 0. The molecule has 0 atom stereocenters. The van der Waals surface area contributed by atoms with Crippen molar-refractivity contribution in [3.8, 4) is 22.3 Å². The number of para-hydroxylation sites is 2. The van der Waals surface area contributed by atoms with E-state index in [1.807, 2.05) is 11.8 Å². The van der Waals surface area contributed by atoms with Crippen LogP contribution in [0.2, 0.25) is 0 Å². The number of imidazole rings is 1. The Bertz CT molecular complexity index is 2440. The van der Waals surface area contributed by atoms with Crippen LogP contribution >= 0.6 is 23.1 Å². The van der Waals surface area contributed by atoms with Crippen molar-refractivity contribution in [1.29, 1.82) is 0 Å². The Balaban J connectivity index is 1.48. The topological polar surface area (TPSA) is 17.3 Å². The van der Waals surface area contributed by atoms with Crippen molar-refractivity contribution in [2.45, 2.75) is 101 Å². The van der Waals surface area contributed by atoms with Gasteiger partial charge in [0.25, 0.3) is 0 Å². The summed E-state index contributed by atoms with van der Waals surface area (Å²) < 4.78 is 3.62. The standard InChI is InChI=1S/C45H46N2S2/c1-42(2,3)31-26-25-27(28-17-15-20-32-40(28)48-35-23-13-11-19-30(35)44(7,8)45(32,9)10)38(43(4,5)6)37(31)29-18-16-22-34-39(29)46-41-47(34)33-21-12-14-24-36(33)49-41/h11-26H,1-10H3. The van der Waals surface area contributed by atoms with Crippen molar-refractivity contribution in [3.63, 3.8) is 0 Å². The van der Waals surface area contributed by atoms with Crippen molar-refractivity contribution in [1.82, 2.24) is 9.38 Å². The zero-order chi connectivity index (χ0) is 34.7. The van der Waals surface area contributed by atoms with Crippen LogP contribution in [-0.2, 0) is 21.7 Å². The van der Waals surface area contributed by atoms with Gasteiger partial charge in [-0.25, -0.2) is 4.98 Å². The van der Waals surface area contributed by atoms with Gasteiger partial charge in [-0.3, -0.25) is 4.40 Å². The Hall–Kier alpha value is -3.86. The molecule has 0 spiro atoms. The maximum Gasteiger partial charge on any atom is 0.195 e. The fourth-order valence-corrected chi connectivity index (χ4v) is 10.7. The summed E-state index contributed by atoms with van der Waals surface area (Å²) in [5.41, 5.74) is 13.9. The first-order chi connectivity index (χ1) is 23.1. The number of aromatic nitrogens is 2. The minimum Gasteiger partial charge on any atom is -0.283 e. The third kappa shape index (κ3) is 4.77. The second kappa shape index (κ2) is 10.8. The number of hydrogen-bond acceptors (Lipinski definition) is 3. The molecule has 4 heteroatoms. The molecule has 248 valence electrons. The molecule has 1 aliphatic heterocycles. The van der Waals surface area contributed by atoms with Crippen LogP contribution in [0.3, 0.4) is 0 Å². The summed E-state index contributed by atoms with van der Waals surface area (Å²) in [5, 5.41) is 0. The minimum absolute atomic E-state index is 0.0532. The normalized spacial score (nSPS) is 15.8. The fourth-order valence-electron chi connectivity index (χ4n) is 8.12. The van der Waals surface area contributed by atoms with Gasteiger partial charge in [-0.15, -0.1) is 0 Å². The summed E-state index contributed by atoms with van der Waals surface area (Å²) in [5.74, 6) is 0. The van der Waals surface area contributed by atoms with E-state index in [-0.39, 0.29) is 21.7 Å². The molecule has 0 aliphatic carbocycles. The zero-order valence-corrected chi connectivity index (χ0v) is 32.1. The molecular weight excluding hydrogens is 633 g/mol. The molecule has 0 saturated carbocycles. The van der Waals surface area contributed by atoms with E-state index in [0.29, 0.717) is 0 Å². The Morgan fingerprint density at radius 1 is 0.592 bits per heavy atom. The van der Waals surface area contributed by atoms with E-state index in [9.17, 15) is 0 Å². The van der Waals surface area contributed by atoms with E-state index in [2.05, 4.69) is 171 Å². The Morgan fingerprint density at radius 3 is 1.98 bits per heavy atom. The van der Waals surface area contributed by atoms with Crippen LogP contribution in [-0.4, -0.2) is 9.38 Å². The van der Waals surface area contributed by atoms with Crippen molar-refractivity contribution in [3.05, 3.63) is 119 Å². The summed E-state index contributed by atoms with van der Waals surface area (Å²) in [6, 6.07) is 36.4. The molecule has 5 aromatic carbocycles. The molecule has 0 N–H and O–H groups in total. The quantitative estimate of drug-likeness (QED) is 0.181. The van der Waals surface area contributed by atoms with Crippen LogP contribution in [0.4, 0.5) is 0 Å². The van der Waals surface area contributed by atoms with Gasteiger partial charge in [0.2, 0.25) is 0 Å². The number of benzene rings is 5. The summed E-state index contributed by atoms with van der Waals surface area (Å²) >= 11 is 3.72. The maximum atomic E-state index is 5.40. The van der Waals surface area contributed by atoms with Gasteiger partial charge in [0, 0.05) is 15.4 Å². The van der Waals surface area contributed by atoms with Crippen LogP contribution in [0.25, 0.3) is 48.5 Å². The van der Waals surface area contributed by atoms with Gasteiger partial charge in [0.05, 0.1) is 21.3 Å². The Labute approximate surface area is 299 Å². The van der Waals surface area contributed by atoms with Gasteiger partial charge in [0.1, 0.15) is 0 Å². The van der Waals surface area contributed by atoms with Crippen molar-refractivity contribution < 1.29 is 0 Å². The molecule has 8 rings (SSSR count). The van der Waals surface area contributed by atoms with Gasteiger partial charge < -0.3 is 0 Å². The fraction of sp³-hybridized carbons (Fsp3) is 0.311. The molecule has 0 unspecified atom stereocenters. The second-order valence-electron chi connectivity index (χ2n) is 16.9. The number of nitrogens with zero attached hydrogens (tertiary/aromatic N) is 2. The lowest BCUT2D eigenvalue weighted by molar-refractivity contribution is 0.296. The van der Waals surface area contributed by atoms with Gasteiger partial charge in [-0.2, -0.15) is 0 Å². The predicted octanol–water partition coefficient (Wildman–Crippen LogP) is 13.4. The highest BCUT2D eigenvalue weighted by Gasteiger charge is 2.45. The molecule has 2 aromatic heterocycles. The first-order valence-electron chi connectivity index (χ1n) is 17.5. The monoisotopic (exact) mass is 678 g/mol.